The number of rotatable bonds is 8. The predicted molar refractivity (Wildman–Crippen MR) is 122 cm³/mol. The molecule has 1 amide bonds. The number of hydrogen-bond donors (Lipinski definition) is 1. The second-order valence-corrected chi connectivity index (χ2v) is 7.26. The molecule has 0 spiro atoms. The van der Waals surface area contributed by atoms with Gasteiger partial charge in [0.1, 0.15) is 0 Å². The molecule has 0 aliphatic rings. The highest BCUT2D eigenvalue weighted by Gasteiger charge is 2.17. The van der Waals surface area contributed by atoms with Gasteiger partial charge in [-0.3, -0.25) is 4.79 Å². The van der Waals surface area contributed by atoms with Gasteiger partial charge in [-0.25, -0.2) is 9.67 Å². The lowest BCUT2D eigenvalue weighted by Crippen LogP contribution is -2.23. The molecule has 2 aromatic heterocycles. The van der Waals surface area contributed by atoms with Gasteiger partial charge in [-0.1, -0.05) is 54.6 Å². The Morgan fingerprint density at radius 2 is 1.77 bits per heavy atom. The third-order valence-corrected chi connectivity index (χ3v) is 5.17. The highest BCUT2D eigenvalue weighted by Crippen LogP contribution is 2.25. The summed E-state index contributed by atoms with van der Waals surface area (Å²) in [5, 5.41) is 8.20. The van der Waals surface area contributed by atoms with Crippen LogP contribution in [0, 0.1) is 0 Å². The third kappa shape index (κ3) is 4.64. The molecular weight excluding hydrogens is 388 g/mol. The number of nitrogens with one attached hydrogen (secondary N) is 1. The van der Waals surface area contributed by atoms with E-state index in [0.717, 1.165) is 27.8 Å². The average molecular weight is 415 g/mol. The third-order valence-electron chi connectivity index (χ3n) is 5.17. The zero-order valence-corrected chi connectivity index (χ0v) is 17.8. The van der Waals surface area contributed by atoms with Gasteiger partial charge in [-0.15, -0.1) is 0 Å². The van der Waals surface area contributed by atoms with Gasteiger partial charge >= 0.3 is 0 Å². The smallest absolute Gasteiger partial charge is 0.252 e. The molecule has 0 unspecified atom stereocenters. The molecule has 2 heterocycles. The minimum atomic E-state index is -0.140. The van der Waals surface area contributed by atoms with Gasteiger partial charge in [0.25, 0.3) is 5.91 Å². The summed E-state index contributed by atoms with van der Waals surface area (Å²) in [5.74, 6) is -0.140. The van der Waals surface area contributed by atoms with Gasteiger partial charge in [-0.05, 0) is 31.0 Å². The summed E-state index contributed by atoms with van der Waals surface area (Å²) in [5.41, 5.74) is 5.17. The number of carbonyl (C=O) groups excluding carboxylic acids is 1. The maximum absolute atomic E-state index is 13.1. The largest absolute Gasteiger partial charge is 0.377 e. The first kappa shape index (κ1) is 20.8. The Labute approximate surface area is 181 Å². The molecule has 0 radical (unpaired) electrons. The van der Waals surface area contributed by atoms with Crippen LogP contribution < -0.4 is 5.32 Å². The molecule has 0 aliphatic carbocycles. The fourth-order valence-electron chi connectivity index (χ4n) is 3.47. The topological polar surface area (TPSA) is 69.0 Å². The molecule has 4 rings (SSSR count). The maximum Gasteiger partial charge on any atom is 0.252 e. The second kappa shape index (κ2) is 9.53. The van der Waals surface area contributed by atoms with Crippen LogP contribution >= 0.6 is 0 Å². The second-order valence-electron chi connectivity index (χ2n) is 7.26. The van der Waals surface area contributed by atoms with E-state index < -0.39 is 0 Å². The lowest BCUT2D eigenvalue weighted by Gasteiger charge is -2.10. The van der Waals surface area contributed by atoms with E-state index >= 15 is 0 Å². The summed E-state index contributed by atoms with van der Waals surface area (Å²) in [6.45, 7) is 6.41. The number of hydrogen-bond acceptors (Lipinski definition) is 4. The molecule has 0 bridgehead atoms. The van der Waals surface area contributed by atoms with Crippen LogP contribution in [0.1, 0.15) is 35.3 Å². The molecule has 158 valence electrons. The Bertz CT molecular complexity index is 1170. The molecule has 0 atom stereocenters. The molecule has 0 saturated heterocycles. The summed E-state index contributed by atoms with van der Waals surface area (Å²) >= 11 is 0. The van der Waals surface area contributed by atoms with Crippen LogP contribution in [0.2, 0.25) is 0 Å². The molecule has 0 aliphatic heterocycles. The fraction of sp³-hybridized carbons (Fsp3) is 0.240. The zero-order chi connectivity index (χ0) is 21.6. The van der Waals surface area contributed by atoms with E-state index in [1.807, 2.05) is 79.2 Å². The monoisotopic (exact) mass is 414 g/mol. The number of aromatic nitrogens is 3. The van der Waals surface area contributed by atoms with Crippen molar-refractivity contribution in [3.8, 4) is 11.3 Å². The van der Waals surface area contributed by atoms with Crippen molar-refractivity contribution in [1.29, 1.82) is 0 Å². The molecule has 2 aromatic carbocycles. The lowest BCUT2D eigenvalue weighted by atomic mass is 10.1. The SMILES string of the molecule is CCOCc1ccc(CNC(=O)c2cc(-c3ccccc3)nc3c2cnn3CC)cc1. The number of nitrogens with zero attached hydrogens (tertiary/aromatic N) is 3. The molecule has 31 heavy (non-hydrogen) atoms. The first-order chi connectivity index (χ1) is 15.2. The summed E-state index contributed by atoms with van der Waals surface area (Å²) in [7, 11) is 0. The Morgan fingerprint density at radius 1 is 1.03 bits per heavy atom. The zero-order valence-electron chi connectivity index (χ0n) is 17.8. The normalized spacial score (nSPS) is 11.0. The Balaban J connectivity index is 1.59. The number of ether oxygens (including phenoxy) is 1. The molecule has 6 nitrogen and oxygen atoms in total. The van der Waals surface area contributed by atoms with E-state index in [1.165, 1.54) is 0 Å². The van der Waals surface area contributed by atoms with E-state index in [1.54, 1.807) is 6.20 Å². The van der Waals surface area contributed by atoms with Gasteiger partial charge in [-0.2, -0.15) is 5.10 Å². The molecule has 6 heteroatoms. The summed E-state index contributed by atoms with van der Waals surface area (Å²) in [6.07, 6.45) is 1.72. The van der Waals surface area contributed by atoms with E-state index in [4.69, 9.17) is 9.72 Å². The van der Waals surface area contributed by atoms with Gasteiger partial charge in [0.2, 0.25) is 0 Å². The van der Waals surface area contributed by atoms with Crippen molar-refractivity contribution >= 4 is 16.9 Å². The maximum atomic E-state index is 13.1. The van der Waals surface area contributed by atoms with Gasteiger partial charge in [0.15, 0.2) is 5.65 Å². The highest BCUT2D eigenvalue weighted by molar-refractivity contribution is 6.06. The number of amides is 1. The van der Waals surface area contributed by atoms with Crippen LogP contribution in [0.3, 0.4) is 0 Å². The van der Waals surface area contributed by atoms with Crippen molar-refractivity contribution in [2.45, 2.75) is 33.5 Å². The molecular formula is C25H26N4O2. The summed E-state index contributed by atoms with van der Waals surface area (Å²) in [6, 6.07) is 19.8. The van der Waals surface area contributed by atoms with Crippen LogP contribution in [0.15, 0.2) is 66.9 Å². The van der Waals surface area contributed by atoms with E-state index in [-0.39, 0.29) is 5.91 Å². The number of carbonyl (C=O) groups is 1. The van der Waals surface area contributed by atoms with Crippen LogP contribution in [-0.2, 0) is 24.4 Å². The first-order valence-electron chi connectivity index (χ1n) is 10.5. The number of aryl methyl sites for hydroxylation is 1. The van der Waals surface area contributed by atoms with Gasteiger partial charge in [0.05, 0.1) is 29.4 Å². The summed E-state index contributed by atoms with van der Waals surface area (Å²) in [4.78, 5) is 17.9. The number of fused-ring (bicyclic) bond motifs is 1. The van der Waals surface area contributed by atoms with Crippen molar-refractivity contribution in [1.82, 2.24) is 20.1 Å². The molecule has 4 aromatic rings. The highest BCUT2D eigenvalue weighted by atomic mass is 16.5. The van der Waals surface area contributed by atoms with Crippen LogP contribution in [0.25, 0.3) is 22.3 Å². The predicted octanol–water partition coefficient (Wildman–Crippen LogP) is 4.58. The quantitative estimate of drug-likeness (QED) is 0.458. The van der Waals surface area contributed by atoms with Crippen molar-refractivity contribution in [3.63, 3.8) is 0 Å². The Kier molecular flexibility index (Phi) is 6.38. The number of benzene rings is 2. The lowest BCUT2D eigenvalue weighted by molar-refractivity contribution is 0.0952. The fourth-order valence-corrected chi connectivity index (χ4v) is 3.47. The van der Waals surface area contributed by atoms with Crippen molar-refractivity contribution < 1.29 is 9.53 Å². The standard InChI is InChI=1S/C25H26N4O2/c1-3-29-24-22(16-27-29)21(14-23(28-24)20-8-6-5-7-9-20)25(30)26-15-18-10-12-19(13-11-18)17-31-4-2/h5-14,16H,3-4,15,17H2,1-2H3,(H,26,30). The molecule has 0 saturated carbocycles. The Hall–Kier alpha value is -3.51. The average Bonchev–Trinajstić information content (AvgIpc) is 3.25. The summed E-state index contributed by atoms with van der Waals surface area (Å²) < 4.78 is 7.25. The first-order valence-corrected chi connectivity index (χ1v) is 10.5. The van der Waals surface area contributed by atoms with Gasteiger partial charge in [0, 0.05) is 25.3 Å². The minimum absolute atomic E-state index is 0.140. The van der Waals surface area contributed by atoms with E-state index in [2.05, 4.69) is 10.4 Å². The van der Waals surface area contributed by atoms with Gasteiger partial charge < -0.3 is 10.1 Å². The minimum Gasteiger partial charge on any atom is -0.377 e. The van der Waals surface area contributed by atoms with Crippen LogP contribution in [0.5, 0.6) is 0 Å². The van der Waals surface area contributed by atoms with Crippen molar-refractivity contribution in [2.75, 3.05) is 6.61 Å². The van der Waals surface area contributed by atoms with E-state index in [9.17, 15) is 4.79 Å². The van der Waals surface area contributed by atoms with Crippen molar-refractivity contribution in [2.24, 2.45) is 0 Å². The van der Waals surface area contributed by atoms with Crippen LogP contribution in [0.4, 0.5) is 0 Å². The molecule has 1 N–H and O–H groups in total. The van der Waals surface area contributed by atoms with E-state index in [0.29, 0.717) is 37.5 Å². The number of pyridine rings is 1. The molecule has 0 fully saturated rings. The van der Waals surface area contributed by atoms with Crippen LogP contribution in [-0.4, -0.2) is 27.3 Å². The Morgan fingerprint density at radius 3 is 2.48 bits per heavy atom. The van der Waals surface area contributed by atoms with Crippen molar-refractivity contribution in [3.05, 3.63) is 83.6 Å².